The molecule has 0 aromatic heterocycles. The lowest BCUT2D eigenvalue weighted by molar-refractivity contribution is 0.289. The molecule has 2 nitrogen and oxygen atoms in total. The van der Waals surface area contributed by atoms with Gasteiger partial charge < -0.3 is 10.1 Å². The standard InChI is InChI=1S/C19H23NO/c1-14-3-7-16(8-4-14)17-11-18(12-17)20-13-15-5-9-19(21-2)10-6-15/h3-10,17-18,20H,11-13H2,1-2H3. The fourth-order valence-electron chi connectivity index (χ4n) is 2.90. The summed E-state index contributed by atoms with van der Waals surface area (Å²) < 4.78 is 5.18. The highest BCUT2D eigenvalue weighted by atomic mass is 16.5. The number of rotatable bonds is 5. The van der Waals surface area contributed by atoms with Crippen molar-refractivity contribution in [2.24, 2.45) is 0 Å². The quantitative estimate of drug-likeness (QED) is 0.893. The average molecular weight is 281 g/mol. The van der Waals surface area contributed by atoms with Gasteiger partial charge in [0.1, 0.15) is 5.75 Å². The summed E-state index contributed by atoms with van der Waals surface area (Å²) in [7, 11) is 1.70. The summed E-state index contributed by atoms with van der Waals surface area (Å²) in [5.41, 5.74) is 4.14. The molecule has 110 valence electrons. The number of hydrogen-bond donors (Lipinski definition) is 1. The van der Waals surface area contributed by atoms with Gasteiger partial charge in [0, 0.05) is 12.6 Å². The minimum absolute atomic E-state index is 0.651. The van der Waals surface area contributed by atoms with Crippen LogP contribution in [0.2, 0.25) is 0 Å². The van der Waals surface area contributed by atoms with Gasteiger partial charge in [0.05, 0.1) is 7.11 Å². The minimum atomic E-state index is 0.651. The summed E-state index contributed by atoms with van der Waals surface area (Å²) in [6, 6.07) is 17.9. The first-order chi connectivity index (χ1) is 10.2. The molecular formula is C19H23NO. The van der Waals surface area contributed by atoms with E-state index in [0.717, 1.165) is 18.2 Å². The topological polar surface area (TPSA) is 21.3 Å². The summed E-state index contributed by atoms with van der Waals surface area (Å²) in [6.45, 7) is 3.08. The molecule has 0 aliphatic heterocycles. The highest BCUT2D eigenvalue weighted by molar-refractivity contribution is 5.28. The number of benzene rings is 2. The molecule has 21 heavy (non-hydrogen) atoms. The molecule has 0 atom stereocenters. The van der Waals surface area contributed by atoms with Gasteiger partial charge >= 0.3 is 0 Å². The van der Waals surface area contributed by atoms with Crippen LogP contribution in [0.3, 0.4) is 0 Å². The van der Waals surface area contributed by atoms with Crippen molar-refractivity contribution in [3.8, 4) is 5.75 Å². The van der Waals surface area contributed by atoms with E-state index in [0.29, 0.717) is 6.04 Å². The molecule has 0 amide bonds. The average Bonchev–Trinajstić information content (AvgIpc) is 2.48. The lowest BCUT2D eigenvalue weighted by Crippen LogP contribution is -2.39. The van der Waals surface area contributed by atoms with Crippen LogP contribution in [0.15, 0.2) is 48.5 Å². The van der Waals surface area contributed by atoms with E-state index in [9.17, 15) is 0 Å². The van der Waals surface area contributed by atoms with Crippen LogP contribution in [0.25, 0.3) is 0 Å². The summed E-state index contributed by atoms with van der Waals surface area (Å²) in [5, 5.41) is 3.64. The van der Waals surface area contributed by atoms with Crippen LogP contribution in [0.5, 0.6) is 5.75 Å². The van der Waals surface area contributed by atoms with E-state index in [-0.39, 0.29) is 0 Å². The van der Waals surface area contributed by atoms with Gasteiger partial charge in [0.2, 0.25) is 0 Å². The zero-order valence-corrected chi connectivity index (χ0v) is 12.8. The van der Waals surface area contributed by atoms with E-state index in [2.05, 4.69) is 48.6 Å². The van der Waals surface area contributed by atoms with Crippen molar-refractivity contribution in [2.45, 2.75) is 38.3 Å². The molecule has 2 aromatic carbocycles. The van der Waals surface area contributed by atoms with Gasteiger partial charge in [0.25, 0.3) is 0 Å². The van der Waals surface area contributed by atoms with Crippen LogP contribution in [0.4, 0.5) is 0 Å². The molecule has 1 saturated carbocycles. The third-order valence-electron chi connectivity index (χ3n) is 4.44. The Morgan fingerprint density at radius 3 is 2.29 bits per heavy atom. The van der Waals surface area contributed by atoms with Gasteiger partial charge in [-0.25, -0.2) is 0 Å². The molecule has 0 spiro atoms. The number of nitrogens with one attached hydrogen (secondary N) is 1. The van der Waals surface area contributed by atoms with E-state index in [1.807, 2.05) is 12.1 Å². The monoisotopic (exact) mass is 281 g/mol. The molecule has 0 radical (unpaired) electrons. The maximum Gasteiger partial charge on any atom is 0.118 e. The van der Waals surface area contributed by atoms with Crippen molar-refractivity contribution in [3.05, 3.63) is 65.2 Å². The molecule has 0 heterocycles. The van der Waals surface area contributed by atoms with Crippen LogP contribution in [0, 0.1) is 6.92 Å². The molecule has 0 unspecified atom stereocenters. The third-order valence-corrected chi connectivity index (χ3v) is 4.44. The number of aryl methyl sites for hydroxylation is 1. The molecule has 1 N–H and O–H groups in total. The van der Waals surface area contributed by atoms with Crippen molar-refractivity contribution < 1.29 is 4.74 Å². The fraction of sp³-hybridized carbons (Fsp3) is 0.368. The van der Waals surface area contributed by atoms with E-state index in [4.69, 9.17) is 4.74 Å². The first-order valence-corrected chi connectivity index (χ1v) is 7.67. The lowest BCUT2D eigenvalue weighted by atomic mass is 9.75. The zero-order chi connectivity index (χ0) is 14.7. The zero-order valence-electron chi connectivity index (χ0n) is 12.8. The molecule has 1 aliphatic rings. The van der Waals surface area contributed by atoms with Crippen LogP contribution in [-0.2, 0) is 6.54 Å². The molecule has 1 aliphatic carbocycles. The smallest absolute Gasteiger partial charge is 0.118 e. The van der Waals surface area contributed by atoms with Gasteiger partial charge in [-0.1, -0.05) is 42.0 Å². The van der Waals surface area contributed by atoms with Crippen molar-refractivity contribution in [1.29, 1.82) is 0 Å². The van der Waals surface area contributed by atoms with Gasteiger partial charge in [-0.3, -0.25) is 0 Å². The van der Waals surface area contributed by atoms with Crippen LogP contribution in [-0.4, -0.2) is 13.2 Å². The fourth-order valence-corrected chi connectivity index (χ4v) is 2.90. The Hall–Kier alpha value is -1.80. The minimum Gasteiger partial charge on any atom is -0.497 e. The Morgan fingerprint density at radius 2 is 1.67 bits per heavy atom. The second-order valence-corrected chi connectivity index (χ2v) is 6.00. The highest BCUT2D eigenvalue weighted by Gasteiger charge is 2.29. The van der Waals surface area contributed by atoms with Crippen molar-refractivity contribution in [1.82, 2.24) is 5.32 Å². The Labute approximate surface area is 127 Å². The molecule has 0 bridgehead atoms. The molecule has 1 fully saturated rings. The molecule has 2 heteroatoms. The van der Waals surface area contributed by atoms with Crippen LogP contribution < -0.4 is 10.1 Å². The predicted octanol–water partition coefficient (Wildman–Crippen LogP) is 4.04. The van der Waals surface area contributed by atoms with E-state index in [1.165, 1.54) is 29.5 Å². The SMILES string of the molecule is COc1ccc(CNC2CC(c3ccc(C)cc3)C2)cc1. The van der Waals surface area contributed by atoms with Gasteiger partial charge in [-0.05, 0) is 48.9 Å². The lowest BCUT2D eigenvalue weighted by Gasteiger charge is -2.36. The molecule has 3 rings (SSSR count). The summed E-state index contributed by atoms with van der Waals surface area (Å²) in [5.74, 6) is 1.65. The van der Waals surface area contributed by atoms with Gasteiger partial charge in [-0.15, -0.1) is 0 Å². The number of methoxy groups -OCH3 is 1. The van der Waals surface area contributed by atoms with Gasteiger partial charge in [0.15, 0.2) is 0 Å². The number of hydrogen-bond acceptors (Lipinski definition) is 2. The third kappa shape index (κ3) is 3.45. The largest absolute Gasteiger partial charge is 0.497 e. The van der Waals surface area contributed by atoms with Crippen LogP contribution in [0.1, 0.15) is 35.4 Å². The second kappa shape index (κ2) is 6.31. The molecule has 2 aromatic rings. The summed E-state index contributed by atoms with van der Waals surface area (Å²) >= 11 is 0. The van der Waals surface area contributed by atoms with Crippen LogP contribution >= 0.6 is 0 Å². The second-order valence-electron chi connectivity index (χ2n) is 6.00. The van der Waals surface area contributed by atoms with Crippen molar-refractivity contribution >= 4 is 0 Å². The highest BCUT2D eigenvalue weighted by Crippen LogP contribution is 2.37. The Balaban J connectivity index is 1.45. The summed E-state index contributed by atoms with van der Waals surface area (Å²) in [6.07, 6.45) is 2.50. The molecule has 0 saturated heterocycles. The maximum atomic E-state index is 5.18. The van der Waals surface area contributed by atoms with E-state index >= 15 is 0 Å². The molecular weight excluding hydrogens is 258 g/mol. The Morgan fingerprint density at radius 1 is 1.00 bits per heavy atom. The summed E-state index contributed by atoms with van der Waals surface area (Å²) in [4.78, 5) is 0. The predicted molar refractivity (Wildman–Crippen MR) is 86.8 cm³/mol. The maximum absolute atomic E-state index is 5.18. The Kier molecular flexibility index (Phi) is 4.26. The number of ether oxygens (including phenoxy) is 1. The van der Waals surface area contributed by atoms with Crippen molar-refractivity contribution in [2.75, 3.05) is 7.11 Å². The van der Waals surface area contributed by atoms with E-state index < -0.39 is 0 Å². The first kappa shape index (κ1) is 14.2. The van der Waals surface area contributed by atoms with Gasteiger partial charge in [-0.2, -0.15) is 0 Å². The Bertz CT molecular complexity index is 568. The first-order valence-electron chi connectivity index (χ1n) is 7.67. The normalized spacial score (nSPS) is 20.9. The van der Waals surface area contributed by atoms with E-state index in [1.54, 1.807) is 7.11 Å². The van der Waals surface area contributed by atoms with Crippen molar-refractivity contribution in [3.63, 3.8) is 0 Å².